The second-order valence-electron chi connectivity index (χ2n) is 3.39. The fraction of sp³-hybridized carbons (Fsp3) is 0.182. The van der Waals surface area contributed by atoms with E-state index >= 15 is 0 Å². The minimum Gasteiger partial charge on any atom is -0.444 e. The quantitative estimate of drug-likeness (QED) is 0.880. The summed E-state index contributed by atoms with van der Waals surface area (Å²) in [5.74, 6) is 0.980. The molecule has 6 heteroatoms. The van der Waals surface area contributed by atoms with Gasteiger partial charge in [0.25, 0.3) is 5.91 Å². The average molecular weight is 296 g/mol. The summed E-state index contributed by atoms with van der Waals surface area (Å²) in [6.07, 6.45) is 3.22. The van der Waals surface area contributed by atoms with E-state index in [9.17, 15) is 4.79 Å². The second-order valence-corrected chi connectivity index (χ2v) is 4.14. The third-order valence-corrected chi connectivity index (χ3v) is 2.70. The molecule has 0 atom stereocenters. The van der Waals surface area contributed by atoms with Crippen molar-refractivity contribution in [2.45, 2.75) is 13.5 Å². The number of nitrogens with zero attached hydrogens (tertiary/aromatic N) is 2. The molecule has 0 aliphatic heterocycles. The standard InChI is InChI=1S/C11H10BrN3O2/c1-7-5-14-9(17-7)6-15-11(16)8-3-2-4-13-10(8)12/h2-5H,6H2,1H3,(H,15,16). The number of hydrogen-bond donors (Lipinski definition) is 1. The van der Waals surface area contributed by atoms with Gasteiger partial charge in [-0.15, -0.1) is 0 Å². The number of halogens is 1. The molecule has 2 aromatic rings. The Bertz CT molecular complexity index is 539. The highest BCUT2D eigenvalue weighted by atomic mass is 79.9. The van der Waals surface area contributed by atoms with Gasteiger partial charge < -0.3 is 9.73 Å². The van der Waals surface area contributed by atoms with Gasteiger partial charge in [-0.25, -0.2) is 9.97 Å². The molecule has 0 bridgehead atoms. The summed E-state index contributed by atoms with van der Waals surface area (Å²) in [6, 6.07) is 3.39. The van der Waals surface area contributed by atoms with E-state index < -0.39 is 0 Å². The first-order valence-corrected chi connectivity index (χ1v) is 5.76. The molecule has 1 amide bonds. The molecular formula is C11H10BrN3O2. The number of amides is 1. The van der Waals surface area contributed by atoms with Crippen molar-refractivity contribution in [3.63, 3.8) is 0 Å². The first-order valence-electron chi connectivity index (χ1n) is 4.97. The predicted octanol–water partition coefficient (Wildman–Crippen LogP) is 2.07. The number of nitrogens with one attached hydrogen (secondary N) is 1. The van der Waals surface area contributed by atoms with Gasteiger partial charge in [0.2, 0.25) is 5.89 Å². The van der Waals surface area contributed by atoms with E-state index in [1.54, 1.807) is 31.5 Å². The topological polar surface area (TPSA) is 68.0 Å². The van der Waals surface area contributed by atoms with Crippen molar-refractivity contribution in [1.82, 2.24) is 15.3 Å². The van der Waals surface area contributed by atoms with Crippen LogP contribution < -0.4 is 5.32 Å². The normalized spacial score (nSPS) is 10.2. The zero-order chi connectivity index (χ0) is 12.3. The van der Waals surface area contributed by atoms with Crippen LogP contribution in [-0.4, -0.2) is 15.9 Å². The maximum Gasteiger partial charge on any atom is 0.254 e. The van der Waals surface area contributed by atoms with Gasteiger partial charge in [-0.1, -0.05) is 0 Å². The van der Waals surface area contributed by atoms with Crippen LogP contribution in [0.3, 0.4) is 0 Å². The molecule has 0 fully saturated rings. The number of carbonyl (C=O) groups excluding carboxylic acids is 1. The fourth-order valence-electron chi connectivity index (χ4n) is 1.29. The van der Waals surface area contributed by atoms with Gasteiger partial charge in [0.1, 0.15) is 10.4 Å². The van der Waals surface area contributed by atoms with Crippen LogP contribution in [0.5, 0.6) is 0 Å². The van der Waals surface area contributed by atoms with Crippen LogP contribution in [0.4, 0.5) is 0 Å². The molecule has 0 aliphatic carbocycles. The van der Waals surface area contributed by atoms with Crippen molar-refractivity contribution in [3.05, 3.63) is 46.3 Å². The zero-order valence-corrected chi connectivity index (χ0v) is 10.7. The monoisotopic (exact) mass is 295 g/mol. The van der Waals surface area contributed by atoms with Gasteiger partial charge in [0.15, 0.2) is 0 Å². The van der Waals surface area contributed by atoms with Crippen molar-refractivity contribution in [2.24, 2.45) is 0 Å². The molecule has 0 aliphatic rings. The summed E-state index contributed by atoms with van der Waals surface area (Å²) < 4.78 is 5.76. The number of oxazole rings is 1. The lowest BCUT2D eigenvalue weighted by Gasteiger charge is -2.03. The molecule has 0 saturated heterocycles. The van der Waals surface area contributed by atoms with Crippen LogP contribution in [-0.2, 0) is 6.54 Å². The van der Waals surface area contributed by atoms with Crippen LogP contribution in [0.2, 0.25) is 0 Å². The molecular weight excluding hydrogens is 286 g/mol. The van der Waals surface area contributed by atoms with Gasteiger partial charge >= 0.3 is 0 Å². The molecule has 17 heavy (non-hydrogen) atoms. The van der Waals surface area contributed by atoms with Crippen molar-refractivity contribution in [3.8, 4) is 0 Å². The van der Waals surface area contributed by atoms with E-state index in [0.717, 1.165) is 5.76 Å². The Hall–Kier alpha value is -1.69. The van der Waals surface area contributed by atoms with E-state index in [0.29, 0.717) is 16.1 Å². The smallest absolute Gasteiger partial charge is 0.254 e. The first-order chi connectivity index (χ1) is 8.16. The molecule has 2 heterocycles. The average Bonchev–Trinajstić information content (AvgIpc) is 2.73. The van der Waals surface area contributed by atoms with Gasteiger partial charge in [0.05, 0.1) is 18.3 Å². The highest BCUT2D eigenvalue weighted by Gasteiger charge is 2.10. The summed E-state index contributed by atoms with van der Waals surface area (Å²) in [5, 5.41) is 2.70. The summed E-state index contributed by atoms with van der Waals surface area (Å²) in [6.45, 7) is 2.06. The minimum absolute atomic E-state index is 0.221. The third kappa shape index (κ3) is 2.91. The summed E-state index contributed by atoms with van der Waals surface area (Å²) in [5.41, 5.74) is 0.482. The largest absolute Gasteiger partial charge is 0.444 e. The Labute approximate surface area is 106 Å². The number of aryl methyl sites for hydroxylation is 1. The third-order valence-electron chi connectivity index (χ3n) is 2.07. The molecule has 2 aromatic heterocycles. The Balaban J connectivity index is 2.01. The van der Waals surface area contributed by atoms with Crippen LogP contribution in [0.25, 0.3) is 0 Å². The maximum absolute atomic E-state index is 11.8. The number of rotatable bonds is 3. The lowest BCUT2D eigenvalue weighted by Crippen LogP contribution is -2.23. The molecule has 2 rings (SSSR count). The van der Waals surface area contributed by atoms with Crippen molar-refractivity contribution in [1.29, 1.82) is 0 Å². The number of pyridine rings is 1. The van der Waals surface area contributed by atoms with Crippen LogP contribution in [0, 0.1) is 6.92 Å². The zero-order valence-electron chi connectivity index (χ0n) is 9.11. The van der Waals surface area contributed by atoms with Gasteiger partial charge in [-0.3, -0.25) is 4.79 Å². The Morgan fingerprint density at radius 1 is 1.53 bits per heavy atom. The van der Waals surface area contributed by atoms with Crippen molar-refractivity contribution >= 4 is 21.8 Å². The lowest BCUT2D eigenvalue weighted by molar-refractivity contribution is 0.0946. The SMILES string of the molecule is Cc1cnc(CNC(=O)c2cccnc2Br)o1. The van der Waals surface area contributed by atoms with Gasteiger partial charge in [0, 0.05) is 6.20 Å². The molecule has 0 saturated carbocycles. The van der Waals surface area contributed by atoms with E-state index in [-0.39, 0.29) is 12.5 Å². The second kappa shape index (κ2) is 5.09. The van der Waals surface area contributed by atoms with Gasteiger partial charge in [-0.05, 0) is 35.0 Å². The van der Waals surface area contributed by atoms with Crippen LogP contribution >= 0.6 is 15.9 Å². The highest BCUT2D eigenvalue weighted by Crippen LogP contribution is 2.12. The number of aromatic nitrogens is 2. The fourth-order valence-corrected chi connectivity index (χ4v) is 1.72. The van der Waals surface area contributed by atoms with Crippen molar-refractivity contribution in [2.75, 3.05) is 0 Å². The molecule has 88 valence electrons. The predicted molar refractivity (Wildman–Crippen MR) is 64.3 cm³/mol. The Morgan fingerprint density at radius 3 is 3.00 bits per heavy atom. The maximum atomic E-state index is 11.8. The summed E-state index contributed by atoms with van der Waals surface area (Å²) in [7, 11) is 0. The summed E-state index contributed by atoms with van der Waals surface area (Å²) in [4.78, 5) is 19.8. The van der Waals surface area contributed by atoms with E-state index in [1.165, 1.54) is 0 Å². The molecule has 0 unspecified atom stereocenters. The van der Waals surface area contributed by atoms with Crippen LogP contribution in [0.15, 0.2) is 33.5 Å². The molecule has 0 spiro atoms. The number of carbonyl (C=O) groups is 1. The number of hydrogen-bond acceptors (Lipinski definition) is 4. The highest BCUT2D eigenvalue weighted by molar-refractivity contribution is 9.10. The minimum atomic E-state index is -0.221. The van der Waals surface area contributed by atoms with Gasteiger partial charge in [-0.2, -0.15) is 0 Å². The molecule has 0 radical (unpaired) electrons. The molecule has 5 nitrogen and oxygen atoms in total. The van der Waals surface area contributed by atoms with Crippen molar-refractivity contribution < 1.29 is 9.21 Å². The van der Waals surface area contributed by atoms with E-state index in [1.807, 2.05) is 0 Å². The Kier molecular flexibility index (Phi) is 3.53. The Morgan fingerprint density at radius 2 is 2.35 bits per heavy atom. The first kappa shape index (κ1) is 11.8. The summed E-state index contributed by atoms with van der Waals surface area (Å²) >= 11 is 3.22. The molecule has 0 aromatic carbocycles. The van der Waals surface area contributed by atoms with E-state index in [4.69, 9.17) is 4.42 Å². The lowest BCUT2D eigenvalue weighted by atomic mass is 10.3. The van der Waals surface area contributed by atoms with Crippen LogP contribution in [0.1, 0.15) is 22.0 Å². The molecule has 1 N–H and O–H groups in total. The van der Waals surface area contributed by atoms with E-state index in [2.05, 4.69) is 31.2 Å².